The van der Waals surface area contributed by atoms with Gasteiger partial charge in [0.25, 0.3) is 0 Å². The van der Waals surface area contributed by atoms with E-state index in [2.05, 4.69) is 80.7 Å². The fraction of sp³-hybridized carbons (Fsp3) is 0.235. The average Bonchev–Trinajstić information content (AvgIpc) is 2.98. The van der Waals surface area contributed by atoms with E-state index in [0.29, 0.717) is 0 Å². The van der Waals surface area contributed by atoms with Crippen molar-refractivity contribution in [2.75, 3.05) is 13.6 Å². The van der Waals surface area contributed by atoms with E-state index < -0.39 is 0 Å². The number of rotatable bonds is 3. The van der Waals surface area contributed by atoms with Crippen LogP contribution in [0.5, 0.6) is 0 Å². The summed E-state index contributed by atoms with van der Waals surface area (Å²) >= 11 is 3.51. The minimum absolute atomic E-state index is 0. The van der Waals surface area contributed by atoms with Crippen LogP contribution in [0.15, 0.2) is 64.1 Å². The Hall–Kier alpha value is -1.08. The highest BCUT2D eigenvalue weighted by atomic mass is 127. The van der Waals surface area contributed by atoms with Crippen LogP contribution in [0.1, 0.15) is 17.2 Å². The number of benzene rings is 2. The Morgan fingerprint density at radius 1 is 1.18 bits per heavy atom. The fourth-order valence-corrected chi connectivity index (χ4v) is 2.96. The maximum atomic E-state index is 4.63. The molecule has 0 spiro atoms. The van der Waals surface area contributed by atoms with Crippen LogP contribution in [0, 0.1) is 0 Å². The lowest BCUT2D eigenvalue weighted by Gasteiger charge is -2.21. The van der Waals surface area contributed by atoms with Gasteiger partial charge in [-0.1, -0.05) is 58.4 Å². The van der Waals surface area contributed by atoms with Gasteiger partial charge in [0.15, 0.2) is 5.96 Å². The number of nitrogens with zero attached hydrogens (tertiary/aromatic N) is 2. The van der Waals surface area contributed by atoms with E-state index in [1.54, 1.807) is 0 Å². The highest BCUT2D eigenvalue weighted by molar-refractivity contribution is 14.0. The molecule has 1 N–H and O–H groups in total. The summed E-state index contributed by atoms with van der Waals surface area (Å²) in [5, 5.41) is 3.51. The number of aliphatic imine (C=N–C) groups is 1. The zero-order valence-electron chi connectivity index (χ0n) is 12.4. The van der Waals surface area contributed by atoms with Gasteiger partial charge in [0.05, 0.1) is 12.6 Å². The Morgan fingerprint density at radius 3 is 2.68 bits per heavy atom. The van der Waals surface area contributed by atoms with Crippen LogP contribution >= 0.6 is 39.9 Å². The molecule has 1 heterocycles. The number of hydrogen-bond donors (Lipinski definition) is 1. The lowest BCUT2D eigenvalue weighted by Crippen LogP contribution is -2.36. The largest absolute Gasteiger partial charge is 0.348 e. The van der Waals surface area contributed by atoms with E-state index in [-0.39, 0.29) is 30.0 Å². The Morgan fingerprint density at radius 2 is 1.95 bits per heavy atom. The summed E-state index contributed by atoms with van der Waals surface area (Å²) in [6, 6.07) is 19.1. The molecule has 0 bridgehead atoms. The van der Waals surface area contributed by atoms with Gasteiger partial charge in [-0.15, -0.1) is 24.0 Å². The van der Waals surface area contributed by atoms with E-state index in [9.17, 15) is 0 Å². The predicted molar refractivity (Wildman–Crippen MR) is 106 cm³/mol. The maximum absolute atomic E-state index is 4.63. The standard InChI is InChI=1S/C17H18BrN3.HI/c1-21(12-13-6-5-9-15(18)10-13)17-19-11-16(20-17)14-7-3-2-4-8-14;/h2-10,16H,11-12H2,1H3,(H,19,20);1H. The molecule has 0 radical (unpaired) electrons. The summed E-state index contributed by atoms with van der Waals surface area (Å²) in [5.74, 6) is 0.962. The zero-order chi connectivity index (χ0) is 14.7. The Balaban J connectivity index is 0.00000176. The third-order valence-corrected chi connectivity index (χ3v) is 4.09. The van der Waals surface area contributed by atoms with Crippen molar-refractivity contribution in [1.29, 1.82) is 0 Å². The molecule has 0 amide bonds. The first-order chi connectivity index (χ1) is 10.2. The van der Waals surface area contributed by atoms with Crippen molar-refractivity contribution in [2.24, 2.45) is 4.99 Å². The number of guanidine groups is 1. The number of halogens is 2. The normalized spacial score (nSPS) is 16.5. The van der Waals surface area contributed by atoms with Crippen molar-refractivity contribution >= 4 is 45.9 Å². The molecule has 1 atom stereocenters. The van der Waals surface area contributed by atoms with E-state index in [4.69, 9.17) is 0 Å². The minimum atomic E-state index is 0. The Kier molecular flexibility index (Phi) is 6.26. The topological polar surface area (TPSA) is 27.6 Å². The van der Waals surface area contributed by atoms with Gasteiger partial charge in [0.2, 0.25) is 0 Å². The molecule has 116 valence electrons. The minimum Gasteiger partial charge on any atom is -0.348 e. The van der Waals surface area contributed by atoms with E-state index in [1.165, 1.54) is 11.1 Å². The highest BCUT2D eigenvalue weighted by Crippen LogP contribution is 2.18. The molecule has 0 saturated heterocycles. The first-order valence-corrected chi connectivity index (χ1v) is 7.83. The van der Waals surface area contributed by atoms with E-state index in [0.717, 1.165) is 23.5 Å². The van der Waals surface area contributed by atoms with Crippen molar-refractivity contribution in [2.45, 2.75) is 12.6 Å². The van der Waals surface area contributed by atoms with Gasteiger partial charge in [-0.25, -0.2) is 0 Å². The van der Waals surface area contributed by atoms with Gasteiger partial charge >= 0.3 is 0 Å². The van der Waals surface area contributed by atoms with Crippen LogP contribution in [0.3, 0.4) is 0 Å². The SMILES string of the molecule is CN(Cc1cccc(Br)c1)C1=NCC(c2ccccc2)N1.I. The third-order valence-electron chi connectivity index (χ3n) is 3.60. The second kappa shape index (κ2) is 7.97. The quantitative estimate of drug-likeness (QED) is 0.679. The molecule has 5 heteroatoms. The van der Waals surface area contributed by atoms with Crippen molar-refractivity contribution in [3.63, 3.8) is 0 Å². The smallest absolute Gasteiger partial charge is 0.194 e. The molecular weight excluding hydrogens is 453 g/mol. The van der Waals surface area contributed by atoms with E-state index >= 15 is 0 Å². The molecule has 1 unspecified atom stereocenters. The second-order valence-electron chi connectivity index (χ2n) is 5.26. The van der Waals surface area contributed by atoms with Gasteiger partial charge in [-0.3, -0.25) is 4.99 Å². The van der Waals surface area contributed by atoms with Gasteiger partial charge in [0.1, 0.15) is 0 Å². The molecule has 0 aromatic heterocycles. The average molecular weight is 472 g/mol. The number of nitrogens with one attached hydrogen (secondary N) is 1. The molecule has 1 aliphatic rings. The summed E-state index contributed by atoms with van der Waals surface area (Å²) in [6.45, 7) is 1.63. The molecule has 2 aromatic carbocycles. The Bertz CT molecular complexity index is 645. The molecule has 0 fully saturated rings. The first kappa shape index (κ1) is 17.3. The lowest BCUT2D eigenvalue weighted by molar-refractivity contribution is 0.480. The predicted octanol–water partition coefficient (Wildman–Crippen LogP) is 4.20. The van der Waals surface area contributed by atoms with Crippen LogP contribution in [0.2, 0.25) is 0 Å². The summed E-state index contributed by atoms with van der Waals surface area (Å²) in [4.78, 5) is 6.79. The second-order valence-corrected chi connectivity index (χ2v) is 6.17. The summed E-state index contributed by atoms with van der Waals surface area (Å²) in [7, 11) is 2.07. The molecule has 2 aromatic rings. The van der Waals surface area contributed by atoms with Gasteiger partial charge in [0, 0.05) is 18.1 Å². The molecule has 3 nitrogen and oxygen atoms in total. The van der Waals surface area contributed by atoms with Crippen LogP contribution in [0.25, 0.3) is 0 Å². The molecular formula is C17H19BrIN3. The summed E-state index contributed by atoms with van der Waals surface area (Å²) in [6.07, 6.45) is 0. The molecule has 0 aliphatic carbocycles. The summed E-state index contributed by atoms with van der Waals surface area (Å²) in [5.41, 5.74) is 2.55. The lowest BCUT2D eigenvalue weighted by atomic mass is 10.1. The molecule has 1 aliphatic heterocycles. The zero-order valence-corrected chi connectivity index (χ0v) is 16.3. The van der Waals surface area contributed by atoms with Crippen LogP contribution in [-0.2, 0) is 6.54 Å². The van der Waals surface area contributed by atoms with Crippen molar-refractivity contribution in [3.8, 4) is 0 Å². The van der Waals surface area contributed by atoms with E-state index in [1.807, 2.05) is 12.1 Å². The van der Waals surface area contributed by atoms with Crippen molar-refractivity contribution in [1.82, 2.24) is 10.2 Å². The van der Waals surface area contributed by atoms with Crippen molar-refractivity contribution in [3.05, 3.63) is 70.2 Å². The Labute approximate surface area is 157 Å². The van der Waals surface area contributed by atoms with Crippen LogP contribution in [0.4, 0.5) is 0 Å². The molecule has 22 heavy (non-hydrogen) atoms. The van der Waals surface area contributed by atoms with Crippen LogP contribution < -0.4 is 5.32 Å². The van der Waals surface area contributed by atoms with Gasteiger partial charge in [-0.05, 0) is 23.3 Å². The fourth-order valence-electron chi connectivity index (χ4n) is 2.51. The maximum Gasteiger partial charge on any atom is 0.194 e. The first-order valence-electron chi connectivity index (χ1n) is 7.04. The molecule has 3 rings (SSSR count). The van der Waals surface area contributed by atoms with Gasteiger partial charge in [-0.2, -0.15) is 0 Å². The molecule has 0 saturated carbocycles. The third kappa shape index (κ3) is 4.23. The van der Waals surface area contributed by atoms with Gasteiger partial charge < -0.3 is 10.2 Å². The van der Waals surface area contributed by atoms with Crippen LogP contribution in [-0.4, -0.2) is 24.5 Å². The monoisotopic (exact) mass is 471 g/mol. The number of hydrogen-bond acceptors (Lipinski definition) is 3. The summed E-state index contributed by atoms with van der Waals surface area (Å²) < 4.78 is 1.11. The van der Waals surface area contributed by atoms with Crippen molar-refractivity contribution < 1.29 is 0 Å². The highest BCUT2D eigenvalue weighted by Gasteiger charge is 2.21.